The highest BCUT2D eigenvalue weighted by atomic mass is 79.9. The minimum atomic E-state index is -0.183. The molecule has 23 heavy (non-hydrogen) atoms. The first-order valence-corrected chi connectivity index (χ1v) is 8.86. The van der Waals surface area contributed by atoms with Gasteiger partial charge in [-0.05, 0) is 73.6 Å². The van der Waals surface area contributed by atoms with Crippen molar-refractivity contribution >= 4 is 27.6 Å². The molecule has 120 valence electrons. The summed E-state index contributed by atoms with van der Waals surface area (Å²) in [6.07, 6.45) is 4.89. The highest BCUT2D eigenvalue weighted by Crippen LogP contribution is 2.24. The first-order valence-electron chi connectivity index (χ1n) is 8.06. The Hall–Kier alpha value is -1.81. The molecule has 1 atom stereocenters. The summed E-state index contributed by atoms with van der Waals surface area (Å²) in [4.78, 5) is 12.1. The summed E-state index contributed by atoms with van der Waals surface area (Å²) in [5.41, 5.74) is 4.85. The fourth-order valence-corrected chi connectivity index (χ4v) is 3.27. The van der Waals surface area contributed by atoms with Crippen LogP contribution in [0.2, 0.25) is 0 Å². The first kappa shape index (κ1) is 16.1. The van der Waals surface area contributed by atoms with Crippen LogP contribution in [-0.2, 0) is 12.8 Å². The van der Waals surface area contributed by atoms with E-state index in [0.717, 1.165) is 22.1 Å². The summed E-state index contributed by atoms with van der Waals surface area (Å²) < 4.78 is 0.992. The first-order chi connectivity index (χ1) is 11.1. The third-order valence-electron chi connectivity index (χ3n) is 4.32. The summed E-state index contributed by atoms with van der Waals surface area (Å²) in [7, 11) is 0. The zero-order valence-corrected chi connectivity index (χ0v) is 14.8. The largest absolute Gasteiger partial charge is 0.331 e. The Morgan fingerprint density at radius 1 is 1.04 bits per heavy atom. The number of rotatable bonds is 3. The van der Waals surface area contributed by atoms with Crippen molar-refractivity contribution in [2.75, 3.05) is 5.32 Å². The maximum Gasteiger partial charge on any atom is 0.319 e. The summed E-state index contributed by atoms with van der Waals surface area (Å²) in [5, 5.41) is 5.87. The molecule has 3 rings (SSSR count). The minimum absolute atomic E-state index is 0.0160. The summed E-state index contributed by atoms with van der Waals surface area (Å²) in [6.45, 7) is 2.02. The predicted octanol–water partition coefficient (Wildman–Crippen LogP) is 5.21. The highest BCUT2D eigenvalue weighted by Gasteiger charge is 2.14. The van der Waals surface area contributed by atoms with Crippen molar-refractivity contribution in [3.63, 3.8) is 0 Å². The molecule has 2 aromatic carbocycles. The van der Waals surface area contributed by atoms with Crippen molar-refractivity contribution in [3.05, 3.63) is 63.6 Å². The maximum absolute atomic E-state index is 12.1. The van der Waals surface area contributed by atoms with Crippen LogP contribution in [0.15, 0.2) is 46.9 Å². The Bertz CT molecular complexity index is 697. The number of aryl methyl sites for hydroxylation is 2. The van der Waals surface area contributed by atoms with Gasteiger partial charge in [-0.15, -0.1) is 0 Å². The van der Waals surface area contributed by atoms with Crippen molar-refractivity contribution < 1.29 is 4.79 Å². The Morgan fingerprint density at radius 3 is 2.48 bits per heavy atom. The van der Waals surface area contributed by atoms with Crippen molar-refractivity contribution in [3.8, 4) is 0 Å². The molecule has 2 N–H and O–H groups in total. The fraction of sp³-hybridized carbons (Fsp3) is 0.316. The van der Waals surface area contributed by atoms with E-state index < -0.39 is 0 Å². The van der Waals surface area contributed by atoms with Crippen LogP contribution in [-0.4, -0.2) is 6.03 Å². The normalized spacial score (nSPS) is 14.7. The van der Waals surface area contributed by atoms with Gasteiger partial charge in [0.1, 0.15) is 0 Å². The van der Waals surface area contributed by atoms with E-state index in [0.29, 0.717) is 0 Å². The minimum Gasteiger partial charge on any atom is -0.331 e. The van der Waals surface area contributed by atoms with Crippen molar-refractivity contribution in [2.24, 2.45) is 0 Å². The number of hydrogen-bond acceptors (Lipinski definition) is 1. The smallest absolute Gasteiger partial charge is 0.319 e. The fourth-order valence-electron chi connectivity index (χ4n) is 3.00. The number of amides is 2. The van der Waals surface area contributed by atoms with Gasteiger partial charge in [-0.2, -0.15) is 0 Å². The van der Waals surface area contributed by atoms with Gasteiger partial charge in [-0.1, -0.05) is 34.1 Å². The van der Waals surface area contributed by atoms with Crippen LogP contribution in [0, 0.1) is 0 Å². The molecule has 1 unspecified atom stereocenters. The van der Waals surface area contributed by atoms with E-state index in [4.69, 9.17) is 0 Å². The zero-order valence-electron chi connectivity index (χ0n) is 13.2. The van der Waals surface area contributed by atoms with Gasteiger partial charge in [0.2, 0.25) is 0 Å². The second-order valence-corrected chi connectivity index (χ2v) is 6.98. The molecule has 0 saturated heterocycles. The Labute approximate surface area is 145 Å². The van der Waals surface area contributed by atoms with Gasteiger partial charge in [0.25, 0.3) is 0 Å². The van der Waals surface area contributed by atoms with Crippen LogP contribution >= 0.6 is 15.9 Å². The molecule has 0 heterocycles. The van der Waals surface area contributed by atoms with Gasteiger partial charge in [0.15, 0.2) is 0 Å². The molecule has 2 amide bonds. The lowest BCUT2D eigenvalue weighted by Crippen LogP contribution is -2.31. The van der Waals surface area contributed by atoms with Crippen LogP contribution in [0.25, 0.3) is 0 Å². The predicted molar refractivity (Wildman–Crippen MR) is 97.8 cm³/mol. The lowest BCUT2D eigenvalue weighted by atomic mass is 9.89. The van der Waals surface area contributed by atoms with E-state index in [9.17, 15) is 4.79 Å². The molecule has 0 saturated carbocycles. The van der Waals surface area contributed by atoms with Crippen LogP contribution in [0.4, 0.5) is 10.5 Å². The van der Waals surface area contributed by atoms with Gasteiger partial charge >= 0.3 is 6.03 Å². The van der Waals surface area contributed by atoms with Gasteiger partial charge in [0, 0.05) is 10.2 Å². The van der Waals surface area contributed by atoms with E-state index in [1.807, 2.05) is 31.2 Å². The lowest BCUT2D eigenvalue weighted by molar-refractivity contribution is 0.249. The van der Waals surface area contributed by atoms with E-state index in [1.54, 1.807) is 0 Å². The molecular formula is C19H21BrN2O. The van der Waals surface area contributed by atoms with Gasteiger partial charge in [-0.3, -0.25) is 0 Å². The zero-order chi connectivity index (χ0) is 16.2. The second kappa shape index (κ2) is 7.18. The standard InChI is InChI=1S/C19H21BrN2O/c1-13(15-7-6-14-4-2-3-5-16(14)12-15)21-19(23)22-18-10-8-17(20)9-11-18/h6-13H,2-5H2,1H3,(H2,21,22,23). The number of hydrogen-bond donors (Lipinski definition) is 2. The number of carbonyl (C=O) groups excluding carboxylic acids is 1. The van der Waals surface area contributed by atoms with Crippen LogP contribution in [0.5, 0.6) is 0 Å². The molecule has 0 radical (unpaired) electrons. The van der Waals surface area contributed by atoms with E-state index in [-0.39, 0.29) is 12.1 Å². The van der Waals surface area contributed by atoms with E-state index in [2.05, 4.69) is 44.8 Å². The van der Waals surface area contributed by atoms with E-state index >= 15 is 0 Å². The highest BCUT2D eigenvalue weighted by molar-refractivity contribution is 9.10. The number of benzene rings is 2. The van der Waals surface area contributed by atoms with Crippen LogP contribution < -0.4 is 10.6 Å². The molecule has 1 aliphatic rings. The maximum atomic E-state index is 12.1. The molecule has 1 aliphatic carbocycles. The number of halogens is 1. The monoisotopic (exact) mass is 372 g/mol. The van der Waals surface area contributed by atoms with Gasteiger partial charge in [-0.25, -0.2) is 4.79 Å². The van der Waals surface area contributed by atoms with Crippen LogP contribution in [0.1, 0.15) is 42.5 Å². The number of fused-ring (bicyclic) bond motifs is 1. The second-order valence-electron chi connectivity index (χ2n) is 6.06. The average molecular weight is 373 g/mol. The number of urea groups is 1. The number of anilines is 1. The molecule has 2 aromatic rings. The summed E-state index contributed by atoms with van der Waals surface area (Å²) >= 11 is 3.38. The molecule has 4 heteroatoms. The molecule has 0 aromatic heterocycles. The topological polar surface area (TPSA) is 41.1 Å². The Morgan fingerprint density at radius 2 is 1.74 bits per heavy atom. The van der Waals surface area contributed by atoms with Gasteiger partial charge in [0.05, 0.1) is 6.04 Å². The summed E-state index contributed by atoms with van der Waals surface area (Å²) in [5.74, 6) is 0. The lowest BCUT2D eigenvalue weighted by Gasteiger charge is -2.20. The molecule has 0 bridgehead atoms. The van der Waals surface area contributed by atoms with Crippen molar-refractivity contribution in [2.45, 2.75) is 38.6 Å². The molecular weight excluding hydrogens is 352 g/mol. The quantitative estimate of drug-likeness (QED) is 0.762. The number of carbonyl (C=O) groups is 1. The van der Waals surface area contributed by atoms with Crippen molar-refractivity contribution in [1.82, 2.24) is 5.32 Å². The Balaban J connectivity index is 1.63. The molecule has 0 aliphatic heterocycles. The molecule has 0 fully saturated rings. The Kier molecular flexibility index (Phi) is 5.01. The van der Waals surface area contributed by atoms with E-state index in [1.165, 1.54) is 30.4 Å². The molecule has 3 nitrogen and oxygen atoms in total. The SMILES string of the molecule is CC(NC(=O)Nc1ccc(Br)cc1)c1ccc2c(c1)CCCC2. The van der Waals surface area contributed by atoms with Crippen LogP contribution in [0.3, 0.4) is 0 Å². The van der Waals surface area contributed by atoms with Crippen molar-refractivity contribution in [1.29, 1.82) is 0 Å². The van der Waals surface area contributed by atoms with Gasteiger partial charge < -0.3 is 10.6 Å². The third-order valence-corrected chi connectivity index (χ3v) is 4.85. The summed E-state index contributed by atoms with van der Waals surface area (Å²) in [6, 6.07) is 13.9. The third kappa shape index (κ3) is 4.14. The number of nitrogens with one attached hydrogen (secondary N) is 2. The molecule has 0 spiro atoms. The average Bonchev–Trinajstić information content (AvgIpc) is 2.56.